The van der Waals surface area contributed by atoms with Gasteiger partial charge >= 0.3 is 0 Å². The summed E-state index contributed by atoms with van der Waals surface area (Å²) >= 11 is 2.57. The van der Waals surface area contributed by atoms with Gasteiger partial charge in [0.25, 0.3) is 15.6 Å². The number of aromatic nitrogens is 3. The summed E-state index contributed by atoms with van der Waals surface area (Å²) in [5, 5.41) is 6.88. The molecule has 0 unspecified atom stereocenters. The van der Waals surface area contributed by atoms with E-state index in [1.807, 2.05) is 35.2 Å². The van der Waals surface area contributed by atoms with Crippen molar-refractivity contribution < 1.29 is 8.42 Å². The van der Waals surface area contributed by atoms with Crippen LogP contribution in [0.1, 0.15) is 0 Å². The SMILES string of the molecule is O=c1cc(N2CCN(S(=O)(=O)c3cccs3)CC2)nc2sc(-c3ccccc3)nn12. The Morgan fingerprint density at radius 1 is 0.967 bits per heavy atom. The van der Waals surface area contributed by atoms with Crippen LogP contribution in [0.2, 0.25) is 0 Å². The first-order valence-electron chi connectivity index (χ1n) is 9.27. The number of fused-ring (bicyclic) bond motifs is 1. The Kier molecular flexibility index (Phi) is 4.89. The molecule has 0 atom stereocenters. The lowest BCUT2D eigenvalue weighted by Gasteiger charge is -2.34. The summed E-state index contributed by atoms with van der Waals surface area (Å²) in [6.07, 6.45) is 0. The largest absolute Gasteiger partial charge is 0.354 e. The molecule has 1 saturated heterocycles. The normalized spacial score (nSPS) is 15.7. The topological polar surface area (TPSA) is 87.9 Å². The Bertz CT molecular complexity index is 1340. The van der Waals surface area contributed by atoms with Gasteiger partial charge in [-0.05, 0) is 11.4 Å². The molecule has 0 spiro atoms. The van der Waals surface area contributed by atoms with Crippen molar-refractivity contribution in [1.82, 2.24) is 18.9 Å². The summed E-state index contributed by atoms with van der Waals surface area (Å²) in [7, 11) is -3.46. The van der Waals surface area contributed by atoms with E-state index in [-0.39, 0.29) is 5.56 Å². The molecule has 0 radical (unpaired) electrons. The zero-order valence-electron chi connectivity index (χ0n) is 15.7. The molecule has 154 valence electrons. The fourth-order valence-corrected chi connectivity index (χ4v) is 6.83. The number of rotatable bonds is 4. The molecule has 0 aliphatic carbocycles. The highest BCUT2D eigenvalue weighted by Gasteiger charge is 2.30. The molecule has 0 N–H and O–H groups in total. The van der Waals surface area contributed by atoms with Crippen molar-refractivity contribution in [2.45, 2.75) is 4.21 Å². The Balaban J connectivity index is 1.39. The van der Waals surface area contributed by atoms with E-state index in [9.17, 15) is 13.2 Å². The van der Waals surface area contributed by atoms with Crippen LogP contribution in [0.15, 0.2) is 62.9 Å². The third-order valence-electron chi connectivity index (χ3n) is 4.90. The Labute approximate surface area is 180 Å². The van der Waals surface area contributed by atoms with Gasteiger partial charge in [-0.2, -0.15) is 13.9 Å². The van der Waals surface area contributed by atoms with Gasteiger partial charge in [0.05, 0.1) is 0 Å². The zero-order chi connectivity index (χ0) is 20.7. The first-order chi connectivity index (χ1) is 14.5. The van der Waals surface area contributed by atoms with E-state index >= 15 is 0 Å². The van der Waals surface area contributed by atoms with Crippen molar-refractivity contribution in [2.75, 3.05) is 31.1 Å². The van der Waals surface area contributed by atoms with Crippen molar-refractivity contribution in [1.29, 1.82) is 0 Å². The monoisotopic (exact) mass is 459 g/mol. The maximum atomic E-state index is 12.7. The number of benzene rings is 1. The lowest BCUT2D eigenvalue weighted by Crippen LogP contribution is -2.49. The first-order valence-corrected chi connectivity index (χ1v) is 12.4. The van der Waals surface area contributed by atoms with Gasteiger partial charge in [0.1, 0.15) is 15.0 Å². The lowest BCUT2D eigenvalue weighted by molar-refractivity contribution is 0.385. The second-order valence-electron chi connectivity index (χ2n) is 6.74. The fourth-order valence-electron chi connectivity index (χ4n) is 3.35. The smallest absolute Gasteiger partial charge is 0.277 e. The van der Waals surface area contributed by atoms with Crippen LogP contribution in [0.4, 0.5) is 5.82 Å². The van der Waals surface area contributed by atoms with Gasteiger partial charge in [-0.15, -0.1) is 11.3 Å². The zero-order valence-corrected chi connectivity index (χ0v) is 18.2. The molecular weight excluding hydrogens is 442 g/mol. The highest BCUT2D eigenvalue weighted by Crippen LogP contribution is 2.26. The van der Waals surface area contributed by atoms with E-state index in [0.717, 1.165) is 10.6 Å². The number of sulfonamides is 1. The molecule has 11 heteroatoms. The minimum atomic E-state index is -3.46. The van der Waals surface area contributed by atoms with Gasteiger partial charge in [0, 0.05) is 37.8 Å². The van der Waals surface area contributed by atoms with Crippen molar-refractivity contribution in [3.63, 3.8) is 0 Å². The molecule has 1 fully saturated rings. The molecular formula is C19H17N5O3S3. The van der Waals surface area contributed by atoms with Gasteiger partial charge in [-0.3, -0.25) is 4.79 Å². The van der Waals surface area contributed by atoms with Crippen LogP contribution >= 0.6 is 22.7 Å². The third kappa shape index (κ3) is 3.43. The van der Waals surface area contributed by atoms with Crippen molar-refractivity contribution in [3.8, 4) is 10.6 Å². The van der Waals surface area contributed by atoms with Gasteiger partial charge < -0.3 is 4.90 Å². The molecule has 1 aromatic carbocycles. The van der Waals surface area contributed by atoms with Crippen molar-refractivity contribution >= 4 is 43.5 Å². The van der Waals surface area contributed by atoms with Crippen molar-refractivity contribution in [3.05, 3.63) is 64.3 Å². The van der Waals surface area contributed by atoms with E-state index < -0.39 is 10.0 Å². The average molecular weight is 460 g/mol. The minimum absolute atomic E-state index is 0.248. The highest BCUT2D eigenvalue weighted by atomic mass is 32.2. The van der Waals surface area contributed by atoms with E-state index in [1.54, 1.807) is 17.5 Å². The number of hydrogen-bond acceptors (Lipinski definition) is 8. The van der Waals surface area contributed by atoms with Crippen LogP contribution in [-0.4, -0.2) is 53.5 Å². The Morgan fingerprint density at radius 2 is 1.73 bits per heavy atom. The molecule has 0 saturated carbocycles. The molecule has 3 aromatic heterocycles. The molecule has 4 heterocycles. The maximum Gasteiger partial charge on any atom is 0.277 e. The molecule has 8 nitrogen and oxygen atoms in total. The number of piperazine rings is 1. The third-order valence-corrected chi connectivity index (χ3v) is 9.13. The highest BCUT2D eigenvalue weighted by molar-refractivity contribution is 7.91. The molecule has 0 bridgehead atoms. The van der Waals surface area contributed by atoms with E-state index in [4.69, 9.17) is 0 Å². The number of hydrogen-bond donors (Lipinski definition) is 0. The van der Waals surface area contributed by atoms with E-state index in [1.165, 1.54) is 37.6 Å². The van der Waals surface area contributed by atoms with E-state index in [2.05, 4.69) is 10.1 Å². The minimum Gasteiger partial charge on any atom is -0.354 e. The molecule has 30 heavy (non-hydrogen) atoms. The van der Waals surface area contributed by atoms with E-state index in [0.29, 0.717) is 41.2 Å². The summed E-state index contributed by atoms with van der Waals surface area (Å²) in [4.78, 5) is 19.7. The molecule has 5 rings (SSSR count). The summed E-state index contributed by atoms with van der Waals surface area (Å²) < 4.78 is 28.6. The summed E-state index contributed by atoms with van der Waals surface area (Å²) in [5.74, 6) is 0.552. The van der Waals surface area contributed by atoms with Crippen molar-refractivity contribution in [2.24, 2.45) is 0 Å². The molecule has 4 aromatic rings. The van der Waals surface area contributed by atoms with Crippen LogP contribution in [0, 0.1) is 0 Å². The number of anilines is 1. The van der Waals surface area contributed by atoms with Crippen LogP contribution in [-0.2, 0) is 10.0 Å². The second kappa shape index (κ2) is 7.58. The average Bonchev–Trinajstić information content (AvgIpc) is 3.45. The Morgan fingerprint density at radius 3 is 2.43 bits per heavy atom. The van der Waals surface area contributed by atoms with Gasteiger partial charge in [-0.1, -0.05) is 47.7 Å². The predicted octanol–water partition coefficient (Wildman–Crippen LogP) is 2.39. The quantitative estimate of drug-likeness (QED) is 0.466. The van der Waals surface area contributed by atoms with Crippen LogP contribution in [0.3, 0.4) is 0 Å². The van der Waals surface area contributed by atoms with Crippen LogP contribution in [0.5, 0.6) is 0 Å². The Hall–Kier alpha value is -2.60. The number of thiophene rings is 1. The summed E-state index contributed by atoms with van der Waals surface area (Å²) in [5.41, 5.74) is 0.684. The molecule has 0 amide bonds. The summed E-state index contributed by atoms with van der Waals surface area (Å²) in [6.45, 7) is 1.63. The fraction of sp³-hybridized carbons (Fsp3) is 0.211. The summed E-state index contributed by atoms with van der Waals surface area (Å²) in [6, 6.07) is 14.5. The lowest BCUT2D eigenvalue weighted by atomic mass is 10.2. The maximum absolute atomic E-state index is 12.7. The van der Waals surface area contributed by atoms with Gasteiger partial charge in [0.2, 0.25) is 4.96 Å². The van der Waals surface area contributed by atoms with Gasteiger partial charge in [-0.25, -0.2) is 13.4 Å². The first kappa shape index (κ1) is 19.4. The van der Waals surface area contributed by atoms with Gasteiger partial charge in [0.15, 0.2) is 0 Å². The molecule has 1 aliphatic rings. The number of nitrogens with zero attached hydrogens (tertiary/aromatic N) is 5. The standard InChI is InChI=1S/C19H17N5O3S3/c25-16-13-15(20-19-24(16)21-18(29-19)14-5-2-1-3-6-14)22-8-10-23(11-9-22)30(26,27)17-7-4-12-28-17/h1-7,12-13H,8-11H2. The van der Waals surface area contributed by atoms with Crippen LogP contribution < -0.4 is 10.5 Å². The molecule has 1 aliphatic heterocycles. The predicted molar refractivity (Wildman–Crippen MR) is 118 cm³/mol. The van der Waals surface area contributed by atoms with Crippen LogP contribution in [0.25, 0.3) is 15.5 Å². The second-order valence-corrected chi connectivity index (χ2v) is 10.8.